The second-order valence-corrected chi connectivity index (χ2v) is 8.52. The first-order valence-electron chi connectivity index (χ1n) is 7.05. The van der Waals surface area contributed by atoms with E-state index in [1.807, 2.05) is 12.1 Å². The molecule has 2 aliphatic rings. The highest BCUT2D eigenvalue weighted by Crippen LogP contribution is 2.38. The molecule has 0 aliphatic carbocycles. The first-order chi connectivity index (χ1) is 10.0. The van der Waals surface area contributed by atoms with Crippen LogP contribution in [0, 0.1) is 0 Å². The van der Waals surface area contributed by atoms with Crippen molar-refractivity contribution in [2.24, 2.45) is 0 Å². The molecule has 1 saturated heterocycles. The lowest BCUT2D eigenvalue weighted by molar-refractivity contribution is 0.296. The Hall–Kier alpha value is -0.790. The molecule has 0 aromatic heterocycles. The van der Waals surface area contributed by atoms with Gasteiger partial charge in [0.2, 0.25) is 0 Å². The molecule has 0 amide bonds. The Balaban J connectivity index is 1.69. The van der Waals surface area contributed by atoms with E-state index in [-0.39, 0.29) is 17.5 Å². The van der Waals surface area contributed by atoms with Gasteiger partial charge < -0.3 is 14.8 Å². The smallest absolute Gasteiger partial charge is 0.175 e. The molecular weight excluding hydrogens is 358 g/mol. The summed E-state index contributed by atoms with van der Waals surface area (Å²) < 4.78 is 35.1. The maximum absolute atomic E-state index is 11.5. The fourth-order valence-corrected chi connectivity index (χ4v) is 4.92. The fourth-order valence-electron chi connectivity index (χ4n) is 2.60. The van der Waals surface area contributed by atoms with Crippen LogP contribution < -0.4 is 14.8 Å². The summed E-state index contributed by atoms with van der Waals surface area (Å²) in [5.74, 6) is 2.02. The Morgan fingerprint density at radius 3 is 2.86 bits per heavy atom. The van der Waals surface area contributed by atoms with E-state index >= 15 is 0 Å². The molecule has 1 aromatic carbocycles. The van der Waals surface area contributed by atoms with E-state index in [0.717, 1.165) is 28.0 Å². The average Bonchev–Trinajstić information content (AvgIpc) is 2.63. The Bertz CT molecular complexity index is 632. The van der Waals surface area contributed by atoms with Crippen LogP contribution in [0.3, 0.4) is 0 Å². The summed E-state index contributed by atoms with van der Waals surface area (Å²) in [6, 6.07) is 4.00. The molecule has 0 bridgehead atoms. The number of hydrogen-bond donors (Lipinski definition) is 1. The van der Waals surface area contributed by atoms with Crippen LogP contribution in [0.2, 0.25) is 0 Å². The molecule has 5 nitrogen and oxygen atoms in total. The topological polar surface area (TPSA) is 64.6 Å². The highest BCUT2D eigenvalue weighted by Gasteiger charge is 2.27. The van der Waals surface area contributed by atoms with Gasteiger partial charge >= 0.3 is 0 Å². The number of ether oxygens (including phenoxy) is 2. The van der Waals surface area contributed by atoms with Gasteiger partial charge in [-0.15, -0.1) is 0 Å². The number of sulfone groups is 1. The fraction of sp³-hybridized carbons (Fsp3) is 0.571. The van der Waals surface area contributed by atoms with Crippen molar-refractivity contribution in [1.29, 1.82) is 0 Å². The average molecular weight is 376 g/mol. The van der Waals surface area contributed by atoms with Crippen molar-refractivity contribution in [3.8, 4) is 11.5 Å². The predicted octanol–water partition coefficient (Wildman–Crippen LogP) is 1.89. The Kier molecular flexibility index (Phi) is 4.42. The lowest BCUT2D eigenvalue weighted by Gasteiger charge is -2.14. The molecule has 1 fully saturated rings. The van der Waals surface area contributed by atoms with Crippen molar-refractivity contribution in [3.05, 3.63) is 22.2 Å². The molecule has 0 spiro atoms. The number of hydrogen-bond acceptors (Lipinski definition) is 5. The van der Waals surface area contributed by atoms with E-state index in [1.54, 1.807) is 0 Å². The first-order valence-corrected chi connectivity index (χ1v) is 9.67. The van der Waals surface area contributed by atoms with Gasteiger partial charge in [-0.2, -0.15) is 0 Å². The van der Waals surface area contributed by atoms with Crippen LogP contribution in [0.1, 0.15) is 18.4 Å². The zero-order valence-electron chi connectivity index (χ0n) is 11.6. The zero-order valence-corrected chi connectivity index (χ0v) is 14.0. The van der Waals surface area contributed by atoms with E-state index in [0.29, 0.717) is 26.2 Å². The van der Waals surface area contributed by atoms with Crippen LogP contribution >= 0.6 is 15.9 Å². The van der Waals surface area contributed by atoms with Gasteiger partial charge in [0.15, 0.2) is 21.3 Å². The normalized spacial score (nSPS) is 23.8. The molecule has 2 aliphatic heterocycles. The third kappa shape index (κ3) is 3.70. The summed E-state index contributed by atoms with van der Waals surface area (Å²) in [4.78, 5) is 0. The Morgan fingerprint density at radius 1 is 1.29 bits per heavy atom. The molecule has 3 rings (SSSR count). The van der Waals surface area contributed by atoms with Crippen molar-refractivity contribution in [2.45, 2.75) is 25.4 Å². The van der Waals surface area contributed by atoms with Gasteiger partial charge in [0.05, 0.1) is 29.2 Å². The second kappa shape index (κ2) is 6.14. The molecule has 116 valence electrons. The van der Waals surface area contributed by atoms with Crippen molar-refractivity contribution in [1.82, 2.24) is 5.32 Å². The van der Waals surface area contributed by atoms with Crippen molar-refractivity contribution in [2.75, 3.05) is 24.7 Å². The van der Waals surface area contributed by atoms with Crippen molar-refractivity contribution in [3.63, 3.8) is 0 Å². The minimum Gasteiger partial charge on any atom is -0.490 e. The standard InChI is InChI=1S/C14H18BrNO4S/c15-12-6-10(7-13-14(12)20-4-1-3-19-13)8-16-11-2-5-21(17,18)9-11/h6-7,11,16H,1-5,8-9H2. The van der Waals surface area contributed by atoms with Crippen molar-refractivity contribution < 1.29 is 17.9 Å². The maximum atomic E-state index is 11.5. The van der Waals surface area contributed by atoms with Crippen molar-refractivity contribution >= 4 is 25.8 Å². The zero-order chi connectivity index (χ0) is 14.9. The highest BCUT2D eigenvalue weighted by molar-refractivity contribution is 9.10. The number of nitrogens with one attached hydrogen (secondary N) is 1. The van der Waals surface area contributed by atoms with Crippen LogP contribution in [0.25, 0.3) is 0 Å². The summed E-state index contributed by atoms with van der Waals surface area (Å²) >= 11 is 3.51. The minimum absolute atomic E-state index is 0.0461. The molecule has 21 heavy (non-hydrogen) atoms. The molecular formula is C14H18BrNO4S. The second-order valence-electron chi connectivity index (χ2n) is 5.44. The maximum Gasteiger partial charge on any atom is 0.175 e. The number of halogens is 1. The van der Waals surface area contributed by atoms with E-state index < -0.39 is 9.84 Å². The van der Waals surface area contributed by atoms with Crippen LogP contribution in [0.5, 0.6) is 11.5 Å². The lowest BCUT2D eigenvalue weighted by atomic mass is 10.1. The summed E-state index contributed by atoms with van der Waals surface area (Å²) in [6.07, 6.45) is 1.56. The van der Waals surface area contributed by atoms with Crippen LogP contribution in [-0.2, 0) is 16.4 Å². The molecule has 1 atom stereocenters. The molecule has 7 heteroatoms. The summed E-state index contributed by atoms with van der Waals surface area (Å²) in [5.41, 5.74) is 1.05. The van der Waals surface area contributed by atoms with E-state index in [4.69, 9.17) is 9.47 Å². The Labute approximate surface area is 133 Å². The van der Waals surface area contributed by atoms with Gasteiger partial charge in [-0.25, -0.2) is 8.42 Å². The van der Waals surface area contributed by atoms with Gasteiger partial charge in [0.25, 0.3) is 0 Å². The number of benzene rings is 1. The highest BCUT2D eigenvalue weighted by atomic mass is 79.9. The van der Waals surface area contributed by atoms with Gasteiger partial charge in [-0.05, 0) is 40.0 Å². The van der Waals surface area contributed by atoms with Crippen LogP contribution in [0.4, 0.5) is 0 Å². The van der Waals surface area contributed by atoms with E-state index in [2.05, 4.69) is 21.2 Å². The molecule has 2 heterocycles. The summed E-state index contributed by atoms with van der Waals surface area (Å²) in [5, 5.41) is 3.31. The Morgan fingerprint density at radius 2 is 2.10 bits per heavy atom. The summed E-state index contributed by atoms with van der Waals surface area (Å²) in [7, 11) is -2.84. The molecule has 1 aromatic rings. The summed E-state index contributed by atoms with van der Waals surface area (Å²) in [6.45, 7) is 1.93. The third-order valence-electron chi connectivity index (χ3n) is 3.69. The molecule has 1 unspecified atom stereocenters. The number of rotatable bonds is 3. The third-order valence-corrected chi connectivity index (χ3v) is 6.05. The van der Waals surface area contributed by atoms with E-state index in [1.165, 1.54) is 0 Å². The van der Waals surface area contributed by atoms with Gasteiger partial charge in [0.1, 0.15) is 0 Å². The SMILES string of the molecule is O=S1(=O)CCC(NCc2cc(Br)c3c(c2)OCCCO3)C1. The van der Waals surface area contributed by atoms with E-state index in [9.17, 15) is 8.42 Å². The van der Waals surface area contributed by atoms with Gasteiger partial charge in [0, 0.05) is 19.0 Å². The van der Waals surface area contributed by atoms with Gasteiger partial charge in [-0.3, -0.25) is 0 Å². The first kappa shape index (κ1) is 15.1. The predicted molar refractivity (Wildman–Crippen MR) is 83.6 cm³/mol. The lowest BCUT2D eigenvalue weighted by Crippen LogP contribution is -2.29. The minimum atomic E-state index is -2.84. The monoisotopic (exact) mass is 375 g/mol. The largest absolute Gasteiger partial charge is 0.490 e. The van der Waals surface area contributed by atoms with Gasteiger partial charge in [-0.1, -0.05) is 0 Å². The number of fused-ring (bicyclic) bond motifs is 1. The molecule has 1 N–H and O–H groups in total. The quantitative estimate of drug-likeness (QED) is 0.873. The van der Waals surface area contributed by atoms with Crippen LogP contribution in [-0.4, -0.2) is 39.2 Å². The molecule has 0 saturated carbocycles. The molecule has 0 radical (unpaired) electrons. The van der Waals surface area contributed by atoms with Crippen LogP contribution in [0.15, 0.2) is 16.6 Å².